The van der Waals surface area contributed by atoms with Crippen LogP contribution in [0.4, 0.5) is 11.6 Å². The quantitative estimate of drug-likeness (QED) is 0.431. The third-order valence-electron chi connectivity index (χ3n) is 7.41. The van der Waals surface area contributed by atoms with Crippen molar-refractivity contribution in [2.75, 3.05) is 25.1 Å². The van der Waals surface area contributed by atoms with Gasteiger partial charge in [0.05, 0.1) is 30.4 Å². The van der Waals surface area contributed by atoms with E-state index in [9.17, 15) is 10.1 Å². The van der Waals surface area contributed by atoms with Crippen molar-refractivity contribution < 1.29 is 9.53 Å². The van der Waals surface area contributed by atoms with Crippen molar-refractivity contribution in [3.63, 3.8) is 0 Å². The number of rotatable bonds is 9. The molecule has 2 aliphatic rings. The van der Waals surface area contributed by atoms with Crippen LogP contribution in [0.15, 0.2) is 48.9 Å². The molecule has 192 valence electrons. The van der Waals surface area contributed by atoms with Crippen molar-refractivity contribution in [1.29, 1.82) is 5.26 Å². The first-order valence-electron chi connectivity index (χ1n) is 13.2. The first-order valence-corrected chi connectivity index (χ1v) is 13.2. The van der Waals surface area contributed by atoms with E-state index in [0.717, 1.165) is 55.8 Å². The largest absolute Gasteiger partial charge is 0.381 e. The molecular formula is C28H33N7O2. The summed E-state index contributed by atoms with van der Waals surface area (Å²) in [5, 5.41) is 20.2. The molecule has 5 rings (SSSR count). The van der Waals surface area contributed by atoms with Crippen LogP contribution < -0.4 is 10.6 Å². The van der Waals surface area contributed by atoms with E-state index in [1.54, 1.807) is 18.5 Å². The van der Waals surface area contributed by atoms with Crippen LogP contribution in [-0.4, -0.2) is 45.4 Å². The van der Waals surface area contributed by atoms with Crippen LogP contribution in [0, 0.1) is 23.2 Å². The molecule has 0 spiro atoms. The zero-order valence-electron chi connectivity index (χ0n) is 21.0. The molecule has 2 aromatic heterocycles. The lowest BCUT2D eigenvalue weighted by molar-refractivity contribution is 0.0642. The van der Waals surface area contributed by atoms with Gasteiger partial charge in [-0.2, -0.15) is 10.4 Å². The van der Waals surface area contributed by atoms with Crippen LogP contribution in [0.1, 0.15) is 61.3 Å². The minimum Gasteiger partial charge on any atom is -0.381 e. The summed E-state index contributed by atoms with van der Waals surface area (Å²) in [5.74, 6) is 1.31. The second-order valence-electron chi connectivity index (χ2n) is 9.92. The Hall–Kier alpha value is -3.77. The van der Waals surface area contributed by atoms with Gasteiger partial charge in [-0.15, -0.1) is 0 Å². The number of carbonyl (C=O) groups excluding carboxylic acids is 1. The Morgan fingerprint density at radius 3 is 2.84 bits per heavy atom. The Morgan fingerprint density at radius 2 is 2.03 bits per heavy atom. The van der Waals surface area contributed by atoms with Gasteiger partial charge >= 0.3 is 0 Å². The van der Waals surface area contributed by atoms with Crippen molar-refractivity contribution in [3.05, 3.63) is 54.5 Å². The van der Waals surface area contributed by atoms with Crippen molar-refractivity contribution in [1.82, 2.24) is 25.1 Å². The van der Waals surface area contributed by atoms with E-state index in [4.69, 9.17) is 4.74 Å². The maximum atomic E-state index is 12.7. The van der Waals surface area contributed by atoms with Gasteiger partial charge in [-0.3, -0.25) is 9.48 Å². The summed E-state index contributed by atoms with van der Waals surface area (Å²) in [6.45, 7) is 2.19. The second-order valence-corrected chi connectivity index (χ2v) is 9.92. The fourth-order valence-electron chi connectivity index (χ4n) is 5.30. The minimum atomic E-state index is -0.0913. The molecule has 2 N–H and O–H groups in total. The monoisotopic (exact) mass is 499 g/mol. The number of ether oxygens (including phenoxy) is 1. The fraction of sp³-hybridized carbons (Fsp3) is 0.464. The number of hydrogen-bond donors (Lipinski definition) is 2. The first-order chi connectivity index (χ1) is 18.2. The normalized spacial score (nSPS) is 17.3. The third kappa shape index (κ3) is 6.33. The topological polar surface area (TPSA) is 118 Å². The molecule has 1 unspecified atom stereocenters. The molecule has 0 bridgehead atoms. The fourth-order valence-corrected chi connectivity index (χ4v) is 5.30. The molecule has 3 heterocycles. The Labute approximate surface area is 217 Å². The van der Waals surface area contributed by atoms with Gasteiger partial charge in [-0.1, -0.05) is 18.9 Å². The summed E-state index contributed by atoms with van der Waals surface area (Å²) in [6, 6.07) is 11.6. The zero-order chi connectivity index (χ0) is 25.5. The van der Waals surface area contributed by atoms with Gasteiger partial charge in [0, 0.05) is 49.0 Å². The number of anilines is 2. The number of amides is 1. The number of nitrogens with zero attached hydrogens (tertiary/aromatic N) is 5. The smallest absolute Gasteiger partial charge is 0.251 e. The molecule has 1 atom stereocenters. The van der Waals surface area contributed by atoms with E-state index >= 15 is 0 Å². The molecule has 1 aliphatic heterocycles. The van der Waals surface area contributed by atoms with Crippen molar-refractivity contribution in [2.45, 2.75) is 51.0 Å². The number of hydrogen-bond acceptors (Lipinski definition) is 7. The van der Waals surface area contributed by atoms with Crippen LogP contribution in [-0.2, 0) is 4.74 Å². The molecule has 9 heteroatoms. The highest BCUT2D eigenvalue weighted by Crippen LogP contribution is 2.36. The summed E-state index contributed by atoms with van der Waals surface area (Å²) in [7, 11) is 0. The van der Waals surface area contributed by atoms with Gasteiger partial charge in [0.1, 0.15) is 0 Å². The van der Waals surface area contributed by atoms with E-state index in [0.29, 0.717) is 36.3 Å². The van der Waals surface area contributed by atoms with E-state index in [1.807, 2.05) is 35.1 Å². The molecule has 2 fully saturated rings. The molecule has 3 aromatic rings. The maximum absolute atomic E-state index is 12.7. The van der Waals surface area contributed by atoms with Gasteiger partial charge in [0.25, 0.3) is 5.91 Å². The summed E-state index contributed by atoms with van der Waals surface area (Å²) >= 11 is 0. The van der Waals surface area contributed by atoms with E-state index in [-0.39, 0.29) is 11.9 Å². The Bertz CT molecular complexity index is 1240. The molecule has 1 saturated carbocycles. The molecule has 37 heavy (non-hydrogen) atoms. The molecule has 1 aromatic carbocycles. The maximum Gasteiger partial charge on any atom is 0.251 e. The standard InChI is InChI=1S/C28H33N7O2/c29-12-8-26(21-4-1-2-5-21)35-19-23(18-32-35)25-9-13-30-28(34-25)33-24-7-3-6-22(16-24)27(36)31-17-20-10-14-37-15-11-20/h3,6-7,9,13,16,18-21,26H,1-2,4-5,8,10-11,14-15,17H2,(H,31,36)(H,30,33,34). The van der Waals surface area contributed by atoms with E-state index in [2.05, 4.69) is 31.8 Å². The van der Waals surface area contributed by atoms with Gasteiger partial charge < -0.3 is 15.4 Å². The zero-order valence-corrected chi connectivity index (χ0v) is 21.0. The number of nitriles is 1. The lowest BCUT2D eigenvalue weighted by atomic mass is 9.96. The van der Waals surface area contributed by atoms with E-state index in [1.165, 1.54) is 12.8 Å². The van der Waals surface area contributed by atoms with E-state index < -0.39 is 0 Å². The number of nitrogens with one attached hydrogen (secondary N) is 2. The highest BCUT2D eigenvalue weighted by Gasteiger charge is 2.27. The predicted octanol–water partition coefficient (Wildman–Crippen LogP) is 4.89. The van der Waals surface area contributed by atoms with Crippen molar-refractivity contribution >= 4 is 17.5 Å². The molecular weight excluding hydrogens is 466 g/mol. The highest BCUT2D eigenvalue weighted by molar-refractivity contribution is 5.95. The Balaban J connectivity index is 1.25. The molecule has 0 radical (unpaired) electrons. The number of benzene rings is 1. The van der Waals surface area contributed by atoms with Gasteiger partial charge in [0.2, 0.25) is 5.95 Å². The van der Waals surface area contributed by atoms with Crippen LogP contribution in [0.2, 0.25) is 0 Å². The molecule has 1 aliphatic carbocycles. The van der Waals surface area contributed by atoms with Gasteiger partial charge in [0.15, 0.2) is 0 Å². The van der Waals surface area contributed by atoms with Crippen LogP contribution in [0.3, 0.4) is 0 Å². The highest BCUT2D eigenvalue weighted by atomic mass is 16.5. The molecule has 1 amide bonds. The third-order valence-corrected chi connectivity index (χ3v) is 7.41. The summed E-state index contributed by atoms with van der Waals surface area (Å²) < 4.78 is 7.33. The summed E-state index contributed by atoms with van der Waals surface area (Å²) in [5.41, 5.74) is 2.95. The van der Waals surface area contributed by atoms with Crippen LogP contribution >= 0.6 is 0 Å². The lowest BCUT2D eigenvalue weighted by Crippen LogP contribution is -2.32. The second kappa shape index (κ2) is 12.0. The SMILES string of the molecule is N#CCC(C1CCCC1)n1cc(-c2ccnc(Nc3cccc(C(=O)NCC4CCOCC4)c3)n2)cn1. The molecule has 9 nitrogen and oxygen atoms in total. The lowest BCUT2D eigenvalue weighted by Gasteiger charge is -2.22. The van der Waals surface area contributed by atoms with Crippen LogP contribution in [0.25, 0.3) is 11.3 Å². The number of carbonyl (C=O) groups is 1. The van der Waals surface area contributed by atoms with Crippen LogP contribution in [0.5, 0.6) is 0 Å². The summed E-state index contributed by atoms with van der Waals surface area (Å²) in [4.78, 5) is 21.7. The Kier molecular flexibility index (Phi) is 8.06. The van der Waals surface area contributed by atoms with Crippen molar-refractivity contribution in [2.24, 2.45) is 11.8 Å². The number of aromatic nitrogens is 4. The Morgan fingerprint density at radius 1 is 1.19 bits per heavy atom. The van der Waals surface area contributed by atoms with Gasteiger partial charge in [-0.25, -0.2) is 9.97 Å². The van der Waals surface area contributed by atoms with Gasteiger partial charge in [-0.05, 0) is 61.8 Å². The first kappa shape index (κ1) is 24.9. The average Bonchev–Trinajstić information content (AvgIpc) is 3.65. The summed E-state index contributed by atoms with van der Waals surface area (Å²) in [6.07, 6.45) is 12.6. The average molecular weight is 500 g/mol. The minimum absolute atomic E-state index is 0.0913. The predicted molar refractivity (Wildman–Crippen MR) is 140 cm³/mol. The van der Waals surface area contributed by atoms with Crippen molar-refractivity contribution in [3.8, 4) is 17.3 Å². The molecule has 1 saturated heterocycles.